The number of nitrogens with zero attached hydrogens (tertiary/aromatic N) is 2. The van der Waals surface area contributed by atoms with Gasteiger partial charge in [-0.3, -0.25) is 0 Å². The van der Waals surface area contributed by atoms with Gasteiger partial charge in [0.25, 0.3) is 0 Å². The normalized spacial score (nSPS) is 11.9. The molecule has 1 heterocycles. The van der Waals surface area contributed by atoms with Crippen LogP contribution in [-0.4, -0.2) is 15.5 Å². The lowest BCUT2D eigenvalue weighted by atomic mass is 9.81. The van der Waals surface area contributed by atoms with Crippen LogP contribution in [0.2, 0.25) is 0 Å². The molecule has 0 radical (unpaired) electrons. The largest absolute Gasteiger partial charge is 0.368 e. The molecule has 0 aromatic carbocycles. The number of hydrogen-bond acceptors (Lipinski definition) is 4. The quantitative estimate of drug-likeness (QED) is 0.830. The second-order valence-electron chi connectivity index (χ2n) is 4.57. The van der Waals surface area contributed by atoms with Gasteiger partial charge in [0.05, 0.1) is 6.20 Å². The van der Waals surface area contributed by atoms with Gasteiger partial charge in [-0.15, -0.1) is 0 Å². The van der Waals surface area contributed by atoms with Gasteiger partial charge in [-0.2, -0.15) is 4.98 Å². The van der Waals surface area contributed by atoms with Gasteiger partial charge in [0.1, 0.15) is 0 Å². The smallest absolute Gasteiger partial charge is 0.222 e. The number of anilines is 2. The van der Waals surface area contributed by atoms with Crippen molar-refractivity contribution in [1.29, 1.82) is 0 Å². The Bertz CT molecular complexity index is 375. The molecule has 96 valence electrons. The van der Waals surface area contributed by atoms with Crippen molar-refractivity contribution >= 4 is 11.8 Å². The van der Waals surface area contributed by atoms with Crippen LogP contribution in [0.5, 0.6) is 0 Å². The van der Waals surface area contributed by atoms with E-state index in [-0.39, 0.29) is 17.3 Å². The van der Waals surface area contributed by atoms with Crippen LogP contribution in [-0.2, 0) is 0 Å². The predicted molar refractivity (Wildman–Crippen MR) is 68.2 cm³/mol. The minimum absolute atomic E-state index is 0.0822. The zero-order valence-corrected chi connectivity index (χ0v) is 10.9. The summed E-state index contributed by atoms with van der Waals surface area (Å²) in [5.41, 5.74) is 5.31. The van der Waals surface area contributed by atoms with Crippen LogP contribution >= 0.6 is 0 Å². The van der Waals surface area contributed by atoms with Crippen LogP contribution < -0.4 is 11.1 Å². The van der Waals surface area contributed by atoms with E-state index >= 15 is 0 Å². The van der Waals surface area contributed by atoms with Crippen LogP contribution in [0.15, 0.2) is 6.20 Å². The van der Waals surface area contributed by atoms with E-state index in [1.54, 1.807) is 0 Å². The Hall–Kier alpha value is -1.39. The molecular formula is C12H21FN4. The fraction of sp³-hybridized carbons (Fsp3) is 0.667. The Morgan fingerprint density at radius 2 is 2.00 bits per heavy atom. The Kier molecular flexibility index (Phi) is 4.26. The highest BCUT2D eigenvalue weighted by Gasteiger charge is 2.31. The van der Waals surface area contributed by atoms with Gasteiger partial charge in [-0.25, -0.2) is 9.37 Å². The minimum atomic E-state index is -0.467. The molecule has 1 aromatic rings. The van der Waals surface area contributed by atoms with E-state index in [1.165, 1.54) is 0 Å². The maximum Gasteiger partial charge on any atom is 0.222 e. The third-order valence-electron chi connectivity index (χ3n) is 3.50. The number of nitrogens with two attached hydrogens (primary N) is 1. The molecule has 3 N–H and O–H groups in total. The summed E-state index contributed by atoms with van der Waals surface area (Å²) in [6.45, 7) is 8.39. The third kappa shape index (κ3) is 2.84. The summed E-state index contributed by atoms with van der Waals surface area (Å²) in [5.74, 6) is 0.174. The van der Waals surface area contributed by atoms with Crippen molar-refractivity contribution in [2.45, 2.75) is 46.1 Å². The van der Waals surface area contributed by atoms with Crippen LogP contribution in [0, 0.1) is 11.7 Å². The summed E-state index contributed by atoms with van der Waals surface area (Å²) in [5, 5.41) is 3.19. The summed E-state index contributed by atoms with van der Waals surface area (Å²) >= 11 is 0. The number of aromatic nitrogens is 2. The fourth-order valence-electron chi connectivity index (χ4n) is 2.09. The lowest BCUT2D eigenvalue weighted by Crippen LogP contribution is -2.43. The zero-order chi connectivity index (χ0) is 13.1. The maximum absolute atomic E-state index is 13.6. The van der Waals surface area contributed by atoms with Gasteiger partial charge in [-0.1, -0.05) is 27.7 Å². The Balaban J connectivity index is 3.05. The van der Waals surface area contributed by atoms with Gasteiger partial charge in [0.2, 0.25) is 5.95 Å². The summed E-state index contributed by atoms with van der Waals surface area (Å²) < 4.78 is 13.6. The highest BCUT2D eigenvalue weighted by Crippen LogP contribution is 2.30. The first-order valence-corrected chi connectivity index (χ1v) is 6.01. The molecular weight excluding hydrogens is 219 g/mol. The summed E-state index contributed by atoms with van der Waals surface area (Å²) in [7, 11) is 0. The van der Waals surface area contributed by atoms with E-state index in [0.29, 0.717) is 5.92 Å². The van der Waals surface area contributed by atoms with Crippen molar-refractivity contribution in [3.63, 3.8) is 0 Å². The van der Waals surface area contributed by atoms with Crippen molar-refractivity contribution < 1.29 is 4.39 Å². The Morgan fingerprint density at radius 1 is 1.41 bits per heavy atom. The van der Waals surface area contributed by atoms with Crippen LogP contribution in [0.25, 0.3) is 0 Å². The zero-order valence-electron chi connectivity index (χ0n) is 10.9. The minimum Gasteiger partial charge on any atom is -0.368 e. The maximum atomic E-state index is 13.6. The molecule has 0 saturated carbocycles. The molecule has 0 aliphatic rings. The molecule has 0 aliphatic carbocycles. The molecule has 17 heavy (non-hydrogen) atoms. The van der Waals surface area contributed by atoms with Crippen LogP contribution in [0.4, 0.5) is 16.2 Å². The van der Waals surface area contributed by atoms with E-state index in [1.807, 2.05) is 0 Å². The van der Waals surface area contributed by atoms with Crippen molar-refractivity contribution in [2.75, 3.05) is 11.1 Å². The Labute approximate surface area is 102 Å². The monoisotopic (exact) mass is 240 g/mol. The first kappa shape index (κ1) is 13.7. The second kappa shape index (κ2) is 5.29. The molecule has 0 bridgehead atoms. The topological polar surface area (TPSA) is 63.8 Å². The number of nitrogen functional groups attached to an aromatic ring is 1. The highest BCUT2D eigenvalue weighted by molar-refractivity contribution is 5.42. The summed E-state index contributed by atoms with van der Waals surface area (Å²) in [6, 6.07) is 0. The first-order valence-electron chi connectivity index (χ1n) is 6.01. The van der Waals surface area contributed by atoms with E-state index in [4.69, 9.17) is 5.73 Å². The predicted octanol–water partition coefficient (Wildman–Crippen LogP) is 2.82. The molecule has 0 fully saturated rings. The molecule has 0 amide bonds. The number of halogens is 1. The van der Waals surface area contributed by atoms with Crippen molar-refractivity contribution in [1.82, 2.24) is 9.97 Å². The molecule has 1 rings (SSSR count). The van der Waals surface area contributed by atoms with E-state index in [2.05, 4.69) is 43.0 Å². The van der Waals surface area contributed by atoms with E-state index in [9.17, 15) is 4.39 Å². The molecule has 0 unspecified atom stereocenters. The van der Waals surface area contributed by atoms with E-state index in [0.717, 1.165) is 19.0 Å². The lowest BCUT2D eigenvalue weighted by Gasteiger charge is -2.37. The molecule has 5 heteroatoms. The third-order valence-corrected chi connectivity index (χ3v) is 3.50. The molecule has 0 spiro atoms. The van der Waals surface area contributed by atoms with Crippen molar-refractivity contribution in [3.8, 4) is 0 Å². The van der Waals surface area contributed by atoms with Gasteiger partial charge in [0, 0.05) is 5.54 Å². The first-order chi connectivity index (χ1) is 7.95. The summed E-state index contributed by atoms with van der Waals surface area (Å²) in [4.78, 5) is 7.53. The second-order valence-corrected chi connectivity index (χ2v) is 4.57. The van der Waals surface area contributed by atoms with Crippen molar-refractivity contribution in [3.05, 3.63) is 12.0 Å². The fourth-order valence-corrected chi connectivity index (χ4v) is 2.09. The molecule has 4 nitrogen and oxygen atoms in total. The number of nitrogens with one attached hydrogen (secondary N) is 1. The summed E-state index contributed by atoms with van der Waals surface area (Å²) in [6.07, 6.45) is 2.89. The lowest BCUT2D eigenvalue weighted by molar-refractivity contribution is 0.317. The molecule has 0 aliphatic heterocycles. The number of rotatable bonds is 5. The SMILES string of the molecule is CCC(CC)(Nc1nc(N)ncc1F)C(C)C. The van der Waals surface area contributed by atoms with Crippen LogP contribution in [0.1, 0.15) is 40.5 Å². The van der Waals surface area contributed by atoms with Crippen molar-refractivity contribution in [2.24, 2.45) is 5.92 Å². The van der Waals surface area contributed by atoms with Gasteiger partial charge in [-0.05, 0) is 18.8 Å². The van der Waals surface area contributed by atoms with Gasteiger partial charge >= 0.3 is 0 Å². The van der Waals surface area contributed by atoms with Gasteiger partial charge < -0.3 is 11.1 Å². The average Bonchev–Trinajstić information content (AvgIpc) is 2.30. The van der Waals surface area contributed by atoms with E-state index < -0.39 is 5.82 Å². The highest BCUT2D eigenvalue weighted by atomic mass is 19.1. The number of hydrogen-bond donors (Lipinski definition) is 2. The molecule has 0 atom stereocenters. The van der Waals surface area contributed by atoms with Gasteiger partial charge in [0.15, 0.2) is 11.6 Å². The molecule has 1 aromatic heterocycles. The standard InChI is InChI=1S/C12H21FN4/c1-5-12(6-2,8(3)4)17-10-9(13)7-15-11(14)16-10/h7-8H,5-6H2,1-4H3,(H3,14,15,16,17). The molecule has 0 saturated heterocycles. The Morgan fingerprint density at radius 3 is 2.47 bits per heavy atom. The van der Waals surface area contributed by atoms with Crippen LogP contribution in [0.3, 0.4) is 0 Å². The average molecular weight is 240 g/mol.